The lowest BCUT2D eigenvalue weighted by atomic mass is 10.1. The maximum Gasteiger partial charge on any atom is 0.244 e. The van der Waals surface area contributed by atoms with E-state index < -0.39 is 0 Å². The van der Waals surface area contributed by atoms with Gasteiger partial charge in [0.2, 0.25) is 5.95 Å². The predicted octanol–water partition coefficient (Wildman–Crippen LogP) is 5.63. The van der Waals surface area contributed by atoms with Crippen LogP contribution < -0.4 is 10.3 Å². The number of hydrogen-bond acceptors (Lipinski definition) is 5. The van der Waals surface area contributed by atoms with E-state index >= 15 is 0 Å². The fourth-order valence-corrected chi connectivity index (χ4v) is 3.15. The lowest BCUT2D eigenvalue weighted by Gasteiger charge is -2.11. The van der Waals surface area contributed by atoms with Crippen molar-refractivity contribution < 1.29 is 0 Å². The molecular weight excluding hydrogens is 382 g/mol. The zero-order valence-corrected chi connectivity index (χ0v) is 17.9. The van der Waals surface area contributed by atoms with E-state index in [0.717, 1.165) is 33.8 Å². The number of hydrazone groups is 1. The number of nitrogens with zero attached hydrogens (tertiary/aromatic N) is 4. The Morgan fingerprint density at radius 2 is 1.39 bits per heavy atom. The molecule has 0 amide bonds. The molecule has 0 radical (unpaired) electrons. The van der Waals surface area contributed by atoms with Crippen molar-refractivity contribution in [2.75, 3.05) is 24.4 Å². The molecule has 3 aromatic carbocycles. The summed E-state index contributed by atoms with van der Waals surface area (Å²) in [6.45, 7) is 2.08. The second-order valence-corrected chi connectivity index (χ2v) is 7.55. The average molecular weight is 408 g/mol. The van der Waals surface area contributed by atoms with E-state index in [0.29, 0.717) is 5.95 Å². The van der Waals surface area contributed by atoms with Crippen molar-refractivity contribution in [3.63, 3.8) is 0 Å². The minimum atomic E-state index is 0.457. The third kappa shape index (κ3) is 5.14. The van der Waals surface area contributed by atoms with Gasteiger partial charge in [0, 0.05) is 30.9 Å². The Bertz CT molecular complexity index is 1160. The molecule has 5 heteroatoms. The van der Waals surface area contributed by atoms with Gasteiger partial charge in [0.15, 0.2) is 0 Å². The predicted molar refractivity (Wildman–Crippen MR) is 130 cm³/mol. The lowest BCUT2D eigenvalue weighted by molar-refractivity contribution is 1.12. The van der Waals surface area contributed by atoms with Crippen molar-refractivity contribution >= 4 is 17.9 Å². The minimum absolute atomic E-state index is 0.457. The number of anilines is 2. The molecule has 0 aliphatic carbocycles. The summed E-state index contributed by atoms with van der Waals surface area (Å²) < 4.78 is 0. The van der Waals surface area contributed by atoms with E-state index in [2.05, 4.69) is 68.7 Å². The molecule has 0 unspecified atom stereocenters. The Balaban J connectivity index is 1.63. The smallest absolute Gasteiger partial charge is 0.244 e. The SMILES string of the molecule is Cc1ccc(-c2cc(-c3ccccc3)nc(N/N=C\c3ccc(N(C)C)cc3)n2)cc1. The van der Waals surface area contributed by atoms with Gasteiger partial charge in [-0.2, -0.15) is 5.10 Å². The van der Waals surface area contributed by atoms with Crippen LogP contribution in [0.2, 0.25) is 0 Å². The molecule has 1 N–H and O–H groups in total. The first-order valence-corrected chi connectivity index (χ1v) is 10.2. The van der Waals surface area contributed by atoms with E-state index in [4.69, 9.17) is 0 Å². The van der Waals surface area contributed by atoms with E-state index in [-0.39, 0.29) is 0 Å². The Kier molecular flexibility index (Phi) is 6.03. The zero-order valence-electron chi connectivity index (χ0n) is 17.9. The van der Waals surface area contributed by atoms with E-state index in [1.807, 2.05) is 62.6 Å². The molecule has 0 aliphatic heterocycles. The van der Waals surface area contributed by atoms with E-state index in [9.17, 15) is 0 Å². The molecular formula is C26H25N5. The van der Waals surface area contributed by atoms with Crippen LogP contribution in [0.4, 0.5) is 11.6 Å². The van der Waals surface area contributed by atoms with Gasteiger partial charge in [0.25, 0.3) is 0 Å². The number of rotatable bonds is 6. The number of nitrogens with one attached hydrogen (secondary N) is 1. The molecule has 0 fully saturated rings. The number of benzene rings is 3. The van der Waals surface area contributed by atoms with Crippen molar-refractivity contribution in [3.8, 4) is 22.5 Å². The third-order valence-corrected chi connectivity index (χ3v) is 4.93. The van der Waals surface area contributed by atoms with Crippen LogP contribution in [0.5, 0.6) is 0 Å². The largest absolute Gasteiger partial charge is 0.378 e. The highest BCUT2D eigenvalue weighted by molar-refractivity contribution is 5.81. The molecule has 0 saturated carbocycles. The quantitative estimate of drug-likeness (QED) is 0.332. The molecule has 1 aromatic heterocycles. The summed E-state index contributed by atoms with van der Waals surface area (Å²) in [5.74, 6) is 0.457. The van der Waals surface area contributed by atoms with Gasteiger partial charge in [-0.05, 0) is 30.7 Å². The van der Waals surface area contributed by atoms with Crippen LogP contribution in [-0.4, -0.2) is 30.3 Å². The second-order valence-electron chi connectivity index (χ2n) is 7.55. The normalized spacial score (nSPS) is 10.9. The van der Waals surface area contributed by atoms with E-state index in [1.54, 1.807) is 6.21 Å². The minimum Gasteiger partial charge on any atom is -0.378 e. The first-order chi connectivity index (χ1) is 15.1. The van der Waals surface area contributed by atoms with Crippen LogP contribution >= 0.6 is 0 Å². The van der Waals surface area contributed by atoms with Crippen LogP contribution in [0.25, 0.3) is 22.5 Å². The van der Waals surface area contributed by atoms with Crippen molar-refractivity contribution in [3.05, 3.63) is 96.1 Å². The van der Waals surface area contributed by atoms with Gasteiger partial charge in [-0.15, -0.1) is 0 Å². The number of aromatic nitrogens is 2. The summed E-state index contributed by atoms with van der Waals surface area (Å²) in [5.41, 5.74) is 10.1. The summed E-state index contributed by atoms with van der Waals surface area (Å²) in [7, 11) is 4.04. The molecule has 31 heavy (non-hydrogen) atoms. The first kappa shape index (κ1) is 20.3. The lowest BCUT2D eigenvalue weighted by Crippen LogP contribution is -2.08. The van der Waals surface area contributed by atoms with Crippen molar-refractivity contribution in [1.82, 2.24) is 9.97 Å². The number of hydrogen-bond donors (Lipinski definition) is 1. The highest BCUT2D eigenvalue weighted by atomic mass is 15.3. The van der Waals surface area contributed by atoms with Crippen molar-refractivity contribution in [1.29, 1.82) is 0 Å². The summed E-state index contributed by atoms with van der Waals surface area (Å²) in [5, 5.41) is 4.36. The fraction of sp³-hybridized carbons (Fsp3) is 0.115. The third-order valence-electron chi connectivity index (χ3n) is 4.93. The topological polar surface area (TPSA) is 53.4 Å². The summed E-state index contributed by atoms with van der Waals surface area (Å²) in [6, 6.07) is 28.6. The molecule has 0 bridgehead atoms. The van der Waals surface area contributed by atoms with E-state index in [1.165, 1.54) is 5.56 Å². The highest BCUT2D eigenvalue weighted by Gasteiger charge is 2.08. The fourth-order valence-electron chi connectivity index (χ4n) is 3.15. The summed E-state index contributed by atoms with van der Waals surface area (Å²) >= 11 is 0. The van der Waals surface area contributed by atoms with Gasteiger partial charge < -0.3 is 4.90 Å². The maximum atomic E-state index is 4.68. The highest BCUT2D eigenvalue weighted by Crippen LogP contribution is 2.25. The molecule has 0 aliphatic rings. The average Bonchev–Trinajstić information content (AvgIpc) is 2.80. The zero-order chi connectivity index (χ0) is 21.6. The molecule has 0 spiro atoms. The van der Waals surface area contributed by atoms with Gasteiger partial charge in [-0.25, -0.2) is 15.4 Å². The van der Waals surface area contributed by atoms with Gasteiger partial charge in [-0.3, -0.25) is 0 Å². The monoisotopic (exact) mass is 407 g/mol. The van der Waals surface area contributed by atoms with Crippen LogP contribution in [0.15, 0.2) is 90.0 Å². The molecule has 5 nitrogen and oxygen atoms in total. The second kappa shape index (κ2) is 9.22. The van der Waals surface area contributed by atoms with Gasteiger partial charge in [0.1, 0.15) is 0 Å². The Morgan fingerprint density at radius 3 is 2.00 bits per heavy atom. The van der Waals surface area contributed by atoms with Gasteiger partial charge >= 0.3 is 0 Å². The molecule has 0 atom stereocenters. The van der Waals surface area contributed by atoms with Crippen molar-refractivity contribution in [2.45, 2.75) is 6.92 Å². The Hall–Kier alpha value is -3.99. The van der Waals surface area contributed by atoms with Gasteiger partial charge in [0.05, 0.1) is 17.6 Å². The number of aryl methyl sites for hydroxylation is 1. The van der Waals surface area contributed by atoms with Crippen LogP contribution in [-0.2, 0) is 0 Å². The Morgan fingerprint density at radius 1 is 0.774 bits per heavy atom. The molecule has 4 rings (SSSR count). The van der Waals surface area contributed by atoms with Crippen LogP contribution in [0.1, 0.15) is 11.1 Å². The van der Waals surface area contributed by atoms with Crippen molar-refractivity contribution in [2.24, 2.45) is 5.10 Å². The van der Waals surface area contributed by atoms with Gasteiger partial charge in [-0.1, -0.05) is 72.3 Å². The molecule has 1 heterocycles. The van der Waals surface area contributed by atoms with Crippen LogP contribution in [0.3, 0.4) is 0 Å². The summed E-state index contributed by atoms with van der Waals surface area (Å²) in [4.78, 5) is 11.4. The standard InChI is InChI=1S/C26H25N5/c1-19-9-13-22(14-10-19)25-17-24(21-7-5-4-6-8-21)28-26(29-25)30-27-18-20-11-15-23(16-12-20)31(2)3/h4-18H,1-3H3,(H,28,29,30)/b27-18-. The van der Waals surface area contributed by atoms with Crippen LogP contribution in [0, 0.1) is 6.92 Å². The first-order valence-electron chi connectivity index (χ1n) is 10.2. The molecule has 0 saturated heterocycles. The maximum absolute atomic E-state index is 4.68. The summed E-state index contributed by atoms with van der Waals surface area (Å²) in [6.07, 6.45) is 1.77. The molecule has 4 aromatic rings. The molecule has 154 valence electrons. The Labute approximate surface area is 183 Å².